The van der Waals surface area contributed by atoms with Gasteiger partial charge in [-0.05, 0) is 56.9 Å². The first-order chi connectivity index (χ1) is 13.0. The quantitative estimate of drug-likeness (QED) is 0.676. The first-order valence-corrected chi connectivity index (χ1v) is 11.4. The van der Waals surface area contributed by atoms with E-state index in [-0.39, 0.29) is 5.91 Å². The number of nitrogens with zero attached hydrogens (tertiary/aromatic N) is 2. The summed E-state index contributed by atoms with van der Waals surface area (Å²) >= 11 is 0. The zero-order valence-electron chi connectivity index (χ0n) is 17.5. The smallest absolute Gasteiger partial charge is 0.257 e. The number of rotatable bonds is 8. The Balaban J connectivity index is 1.66. The van der Waals surface area contributed by atoms with Crippen LogP contribution in [0.5, 0.6) is 0 Å². The fourth-order valence-electron chi connectivity index (χ4n) is 5.56. The number of amides is 1. The summed E-state index contributed by atoms with van der Waals surface area (Å²) in [7, 11) is 1.79. The van der Waals surface area contributed by atoms with Gasteiger partial charge in [-0.25, -0.2) is 4.99 Å². The summed E-state index contributed by atoms with van der Waals surface area (Å²) in [6, 6.07) is 0.606. The molecule has 1 unspecified atom stereocenters. The molecule has 154 valence electrons. The van der Waals surface area contributed by atoms with Crippen LogP contribution in [0.15, 0.2) is 4.99 Å². The van der Waals surface area contributed by atoms with E-state index in [4.69, 9.17) is 10.7 Å². The molecule has 5 nitrogen and oxygen atoms in total. The van der Waals surface area contributed by atoms with Crippen molar-refractivity contribution in [2.75, 3.05) is 13.6 Å². The molecule has 3 rings (SSSR count). The van der Waals surface area contributed by atoms with E-state index in [1.54, 1.807) is 11.9 Å². The summed E-state index contributed by atoms with van der Waals surface area (Å²) in [6.07, 6.45) is 15.7. The van der Waals surface area contributed by atoms with E-state index in [0.29, 0.717) is 17.9 Å². The minimum Gasteiger partial charge on any atom is -0.369 e. The number of carbonyl (C=O) groups excluding carboxylic acids is 1. The van der Waals surface area contributed by atoms with Gasteiger partial charge in [-0.15, -0.1) is 0 Å². The molecule has 27 heavy (non-hydrogen) atoms. The van der Waals surface area contributed by atoms with Crippen LogP contribution < -0.4 is 11.1 Å². The predicted octanol–water partition coefficient (Wildman–Crippen LogP) is 3.82. The van der Waals surface area contributed by atoms with Crippen LogP contribution in [0.1, 0.15) is 90.4 Å². The third-order valence-corrected chi connectivity index (χ3v) is 7.16. The number of hydrogen-bond donors (Lipinski definition) is 2. The molecule has 5 heteroatoms. The highest BCUT2D eigenvalue weighted by atomic mass is 16.2. The Morgan fingerprint density at radius 3 is 2.56 bits per heavy atom. The fourth-order valence-corrected chi connectivity index (χ4v) is 5.56. The van der Waals surface area contributed by atoms with Gasteiger partial charge in [0.2, 0.25) is 0 Å². The molecule has 1 heterocycles. The Morgan fingerprint density at radius 2 is 1.89 bits per heavy atom. The van der Waals surface area contributed by atoms with Gasteiger partial charge in [-0.3, -0.25) is 9.69 Å². The Hall–Kier alpha value is -1.10. The van der Waals surface area contributed by atoms with Crippen molar-refractivity contribution in [2.45, 2.75) is 102 Å². The maximum atomic E-state index is 13.2. The number of guanidine groups is 1. The highest BCUT2D eigenvalue weighted by Gasteiger charge is 2.47. The van der Waals surface area contributed by atoms with E-state index >= 15 is 0 Å². The summed E-state index contributed by atoms with van der Waals surface area (Å²) in [6.45, 7) is 3.31. The SMILES string of the molecule is CCCNC1CCC[C@H](C[C@@]2(CCC3CCCCC3)N=C(N)N(C)C2=O)C1. The van der Waals surface area contributed by atoms with E-state index in [1.165, 1.54) is 64.2 Å². The molecule has 2 aliphatic carbocycles. The zero-order valence-corrected chi connectivity index (χ0v) is 17.5. The summed E-state index contributed by atoms with van der Waals surface area (Å²) < 4.78 is 0. The maximum Gasteiger partial charge on any atom is 0.257 e. The average molecular weight is 377 g/mol. The van der Waals surface area contributed by atoms with Crippen molar-refractivity contribution in [3.8, 4) is 0 Å². The molecule has 0 aromatic rings. The lowest BCUT2D eigenvalue weighted by Crippen LogP contribution is -2.45. The third-order valence-electron chi connectivity index (χ3n) is 7.16. The minimum atomic E-state index is -0.590. The largest absolute Gasteiger partial charge is 0.369 e. The molecule has 3 aliphatic rings. The lowest BCUT2D eigenvalue weighted by Gasteiger charge is -2.35. The van der Waals surface area contributed by atoms with Crippen LogP contribution in [0.2, 0.25) is 0 Å². The van der Waals surface area contributed by atoms with Crippen molar-refractivity contribution >= 4 is 11.9 Å². The van der Waals surface area contributed by atoms with Crippen LogP contribution in [0.3, 0.4) is 0 Å². The molecule has 0 bridgehead atoms. The van der Waals surface area contributed by atoms with Crippen molar-refractivity contribution < 1.29 is 4.79 Å². The van der Waals surface area contributed by atoms with Crippen molar-refractivity contribution in [2.24, 2.45) is 22.6 Å². The Morgan fingerprint density at radius 1 is 1.15 bits per heavy atom. The number of hydrogen-bond acceptors (Lipinski definition) is 4. The standard InChI is InChI=1S/C22H40N4O/c1-3-14-24-19-11-7-10-18(15-19)16-22(20(27)26(2)21(23)25-22)13-12-17-8-5-4-6-9-17/h17-19,24H,3-16H2,1-2H3,(H2,23,25)/t18-,19?,22+/m0/s1. The summed E-state index contributed by atoms with van der Waals surface area (Å²) in [5.41, 5.74) is 5.50. The lowest BCUT2D eigenvalue weighted by atomic mass is 9.74. The van der Waals surface area contributed by atoms with Crippen molar-refractivity contribution in [3.05, 3.63) is 0 Å². The van der Waals surface area contributed by atoms with Gasteiger partial charge in [0.05, 0.1) is 0 Å². The molecule has 3 atom stereocenters. The Labute approximate surface area is 165 Å². The molecule has 0 radical (unpaired) electrons. The second kappa shape index (κ2) is 9.40. The van der Waals surface area contributed by atoms with E-state index in [2.05, 4.69) is 12.2 Å². The Kier molecular flexibility index (Phi) is 7.18. The first-order valence-electron chi connectivity index (χ1n) is 11.4. The predicted molar refractivity (Wildman–Crippen MR) is 112 cm³/mol. The second-order valence-corrected chi connectivity index (χ2v) is 9.30. The van der Waals surface area contributed by atoms with Crippen LogP contribution in [0.4, 0.5) is 0 Å². The molecule has 0 spiro atoms. The Bertz CT molecular complexity index is 528. The maximum absolute atomic E-state index is 13.2. The molecular formula is C22H40N4O. The van der Waals surface area contributed by atoms with Crippen molar-refractivity contribution in [1.82, 2.24) is 10.2 Å². The van der Waals surface area contributed by atoms with Gasteiger partial charge in [0.1, 0.15) is 5.54 Å². The second-order valence-electron chi connectivity index (χ2n) is 9.30. The number of nitrogens with two attached hydrogens (primary N) is 1. The fraction of sp³-hybridized carbons (Fsp3) is 0.909. The highest BCUT2D eigenvalue weighted by molar-refractivity contribution is 6.06. The van der Waals surface area contributed by atoms with Gasteiger partial charge in [0.25, 0.3) is 5.91 Å². The van der Waals surface area contributed by atoms with Crippen LogP contribution in [-0.4, -0.2) is 41.9 Å². The van der Waals surface area contributed by atoms with E-state index < -0.39 is 5.54 Å². The molecular weight excluding hydrogens is 336 g/mol. The topological polar surface area (TPSA) is 70.7 Å². The summed E-state index contributed by atoms with van der Waals surface area (Å²) in [4.78, 5) is 19.5. The zero-order chi connectivity index (χ0) is 19.3. The molecule has 1 amide bonds. The number of carbonyl (C=O) groups is 1. The van der Waals surface area contributed by atoms with Crippen LogP contribution in [0.25, 0.3) is 0 Å². The third kappa shape index (κ3) is 5.04. The van der Waals surface area contributed by atoms with Crippen molar-refractivity contribution in [3.63, 3.8) is 0 Å². The van der Waals surface area contributed by atoms with E-state index in [1.807, 2.05) is 0 Å². The normalized spacial score (nSPS) is 32.7. The van der Waals surface area contributed by atoms with Crippen LogP contribution in [-0.2, 0) is 4.79 Å². The minimum absolute atomic E-state index is 0.138. The van der Waals surface area contributed by atoms with Gasteiger partial charge in [0.15, 0.2) is 5.96 Å². The van der Waals surface area contributed by atoms with Gasteiger partial charge < -0.3 is 11.1 Å². The molecule has 0 saturated heterocycles. The number of likely N-dealkylation sites (N-methyl/N-ethyl adjacent to an activating group) is 1. The van der Waals surface area contributed by atoms with Gasteiger partial charge >= 0.3 is 0 Å². The summed E-state index contributed by atoms with van der Waals surface area (Å²) in [5, 5.41) is 3.70. The van der Waals surface area contributed by atoms with Crippen molar-refractivity contribution in [1.29, 1.82) is 0 Å². The summed E-state index contributed by atoms with van der Waals surface area (Å²) in [5.74, 6) is 1.90. The number of nitrogens with one attached hydrogen (secondary N) is 1. The molecule has 1 aliphatic heterocycles. The van der Waals surface area contributed by atoms with E-state index in [0.717, 1.165) is 31.7 Å². The first kappa shape index (κ1) is 20.6. The van der Waals surface area contributed by atoms with Gasteiger partial charge in [0, 0.05) is 13.1 Å². The molecule has 2 fully saturated rings. The number of aliphatic imine (C=N–C) groups is 1. The van der Waals surface area contributed by atoms with Crippen LogP contribution >= 0.6 is 0 Å². The molecule has 0 aromatic heterocycles. The lowest BCUT2D eigenvalue weighted by molar-refractivity contribution is -0.131. The highest BCUT2D eigenvalue weighted by Crippen LogP contribution is 2.40. The molecule has 3 N–H and O–H groups in total. The molecule has 2 saturated carbocycles. The van der Waals surface area contributed by atoms with Gasteiger partial charge in [-0.2, -0.15) is 0 Å². The average Bonchev–Trinajstić information content (AvgIpc) is 2.90. The van der Waals surface area contributed by atoms with Gasteiger partial charge in [-0.1, -0.05) is 51.9 Å². The van der Waals surface area contributed by atoms with Crippen LogP contribution in [0, 0.1) is 11.8 Å². The molecule has 0 aromatic carbocycles. The van der Waals surface area contributed by atoms with E-state index in [9.17, 15) is 4.79 Å². The monoisotopic (exact) mass is 376 g/mol.